The number of hydrogen-bond acceptors (Lipinski definition) is 3. The molecule has 0 saturated heterocycles. The molecule has 25 heavy (non-hydrogen) atoms. The Morgan fingerprint density at radius 1 is 1.12 bits per heavy atom. The molecule has 128 valence electrons. The molecule has 8 heteroatoms. The second kappa shape index (κ2) is 6.76. The Hall–Kier alpha value is -3.16. The lowest BCUT2D eigenvalue weighted by Crippen LogP contribution is -2.16. The van der Waals surface area contributed by atoms with E-state index in [2.05, 4.69) is 15.4 Å². The fourth-order valence-corrected chi connectivity index (χ4v) is 2.35. The van der Waals surface area contributed by atoms with E-state index in [0.29, 0.717) is 11.4 Å². The zero-order valence-corrected chi connectivity index (χ0v) is 12.9. The SMILES string of the molecule is O=C(Cc1cccc(C(F)(F)F)c1)Nc1ccccc1-n1cncn1. The van der Waals surface area contributed by atoms with Crippen LogP contribution in [-0.2, 0) is 17.4 Å². The quantitative estimate of drug-likeness (QED) is 0.787. The summed E-state index contributed by atoms with van der Waals surface area (Å²) in [5, 5.41) is 6.70. The molecule has 1 heterocycles. The van der Waals surface area contributed by atoms with Gasteiger partial charge >= 0.3 is 6.18 Å². The summed E-state index contributed by atoms with van der Waals surface area (Å²) in [5.74, 6) is -0.424. The van der Waals surface area contributed by atoms with Gasteiger partial charge in [-0.3, -0.25) is 4.79 Å². The molecule has 0 saturated carbocycles. The van der Waals surface area contributed by atoms with Crippen molar-refractivity contribution in [3.63, 3.8) is 0 Å². The van der Waals surface area contributed by atoms with Crippen LogP contribution >= 0.6 is 0 Å². The topological polar surface area (TPSA) is 59.8 Å². The second-order valence-electron chi connectivity index (χ2n) is 5.28. The van der Waals surface area contributed by atoms with Gasteiger partial charge in [0.2, 0.25) is 5.91 Å². The third-order valence-corrected chi connectivity index (χ3v) is 3.46. The van der Waals surface area contributed by atoms with Gasteiger partial charge in [0.05, 0.1) is 23.4 Å². The molecule has 0 radical (unpaired) electrons. The Labute approximate surface area is 141 Å². The predicted molar refractivity (Wildman–Crippen MR) is 85.1 cm³/mol. The van der Waals surface area contributed by atoms with Crippen LogP contribution < -0.4 is 5.32 Å². The van der Waals surface area contributed by atoms with Gasteiger partial charge in [0.1, 0.15) is 12.7 Å². The first-order valence-corrected chi connectivity index (χ1v) is 7.33. The summed E-state index contributed by atoms with van der Waals surface area (Å²) in [6.07, 6.45) is -1.76. The number of aromatic nitrogens is 3. The van der Waals surface area contributed by atoms with Crippen LogP contribution in [0.1, 0.15) is 11.1 Å². The van der Waals surface area contributed by atoms with Crippen LogP contribution in [0.4, 0.5) is 18.9 Å². The minimum absolute atomic E-state index is 0.171. The number of anilines is 1. The van der Waals surface area contributed by atoms with E-state index in [4.69, 9.17) is 0 Å². The molecule has 5 nitrogen and oxygen atoms in total. The molecule has 1 amide bonds. The summed E-state index contributed by atoms with van der Waals surface area (Å²) >= 11 is 0. The number of hydrogen-bond donors (Lipinski definition) is 1. The van der Waals surface area contributed by atoms with E-state index in [0.717, 1.165) is 12.1 Å². The van der Waals surface area contributed by atoms with Crippen molar-refractivity contribution in [1.82, 2.24) is 14.8 Å². The Balaban J connectivity index is 1.76. The van der Waals surface area contributed by atoms with E-state index >= 15 is 0 Å². The van der Waals surface area contributed by atoms with E-state index < -0.39 is 17.6 Å². The van der Waals surface area contributed by atoms with Gasteiger partial charge < -0.3 is 5.32 Å². The number of rotatable bonds is 4. The van der Waals surface area contributed by atoms with Crippen LogP contribution in [0.5, 0.6) is 0 Å². The number of carbonyl (C=O) groups is 1. The van der Waals surface area contributed by atoms with Crippen molar-refractivity contribution in [2.45, 2.75) is 12.6 Å². The molecule has 0 aliphatic heterocycles. The molecule has 0 unspecified atom stereocenters. The fraction of sp³-hybridized carbons (Fsp3) is 0.118. The maximum absolute atomic E-state index is 12.7. The molecule has 0 bridgehead atoms. The number of benzene rings is 2. The van der Waals surface area contributed by atoms with Crippen LogP contribution in [0.25, 0.3) is 5.69 Å². The lowest BCUT2D eigenvalue weighted by Gasteiger charge is -2.11. The molecule has 0 fully saturated rings. The standard InChI is InChI=1S/C17H13F3N4O/c18-17(19,20)13-5-3-4-12(8-13)9-16(25)23-14-6-1-2-7-15(14)24-11-21-10-22-24/h1-8,10-11H,9H2,(H,23,25). The Kier molecular flexibility index (Phi) is 4.51. The average Bonchev–Trinajstić information content (AvgIpc) is 3.09. The van der Waals surface area contributed by atoms with Crippen LogP contribution in [0, 0.1) is 0 Å². The van der Waals surface area contributed by atoms with Gasteiger partial charge in [-0.05, 0) is 23.8 Å². The molecular formula is C17H13F3N4O. The van der Waals surface area contributed by atoms with Gasteiger partial charge in [-0.1, -0.05) is 30.3 Å². The third kappa shape index (κ3) is 4.03. The zero-order chi connectivity index (χ0) is 17.9. The van der Waals surface area contributed by atoms with Crippen LogP contribution in [0.2, 0.25) is 0 Å². The first-order valence-electron chi connectivity index (χ1n) is 7.33. The predicted octanol–water partition coefficient (Wildman–Crippen LogP) is 3.47. The number of halogens is 3. The molecule has 1 aromatic heterocycles. The number of carbonyl (C=O) groups excluding carboxylic acids is 1. The maximum Gasteiger partial charge on any atom is 0.416 e. The van der Waals surface area contributed by atoms with E-state index in [1.807, 2.05) is 0 Å². The minimum Gasteiger partial charge on any atom is -0.324 e. The van der Waals surface area contributed by atoms with Crippen LogP contribution in [0.15, 0.2) is 61.2 Å². The van der Waals surface area contributed by atoms with Crippen molar-refractivity contribution < 1.29 is 18.0 Å². The highest BCUT2D eigenvalue weighted by atomic mass is 19.4. The average molecular weight is 346 g/mol. The zero-order valence-electron chi connectivity index (χ0n) is 12.9. The van der Waals surface area contributed by atoms with Crippen molar-refractivity contribution in [3.05, 3.63) is 72.3 Å². The van der Waals surface area contributed by atoms with Crippen molar-refractivity contribution >= 4 is 11.6 Å². The van der Waals surface area contributed by atoms with E-state index in [-0.39, 0.29) is 12.0 Å². The van der Waals surface area contributed by atoms with Crippen LogP contribution in [-0.4, -0.2) is 20.7 Å². The van der Waals surface area contributed by atoms with Gasteiger partial charge in [-0.15, -0.1) is 0 Å². The van der Waals surface area contributed by atoms with Gasteiger partial charge in [-0.2, -0.15) is 18.3 Å². The second-order valence-corrected chi connectivity index (χ2v) is 5.28. The molecule has 1 N–H and O–H groups in total. The lowest BCUT2D eigenvalue weighted by atomic mass is 10.1. The lowest BCUT2D eigenvalue weighted by molar-refractivity contribution is -0.137. The normalized spacial score (nSPS) is 11.3. The number of nitrogens with zero attached hydrogens (tertiary/aromatic N) is 3. The first-order chi connectivity index (χ1) is 11.9. The first kappa shape index (κ1) is 16.7. The smallest absolute Gasteiger partial charge is 0.324 e. The molecule has 0 aliphatic rings. The highest BCUT2D eigenvalue weighted by Crippen LogP contribution is 2.29. The summed E-state index contributed by atoms with van der Waals surface area (Å²) in [6, 6.07) is 11.7. The Bertz CT molecular complexity index is 876. The molecular weight excluding hydrogens is 333 g/mol. The molecule has 0 atom stereocenters. The number of para-hydroxylation sites is 2. The Morgan fingerprint density at radius 3 is 2.64 bits per heavy atom. The Morgan fingerprint density at radius 2 is 1.92 bits per heavy atom. The van der Waals surface area contributed by atoms with Crippen molar-refractivity contribution in [1.29, 1.82) is 0 Å². The highest BCUT2D eigenvalue weighted by Gasteiger charge is 2.30. The minimum atomic E-state index is -4.44. The van der Waals surface area contributed by atoms with Gasteiger partial charge in [0, 0.05) is 0 Å². The maximum atomic E-state index is 12.7. The molecule has 2 aromatic carbocycles. The summed E-state index contributed by atoms with van der Waals surface area (Å²) in [7, 11) is 0. The summed E-state index contributed by atoms with van der Waals surface area (Å²) in [6.45, 7) is 0. The summed E-state index contributed by atoms with van der Waals surface area (Å²) in [5.41, 5.74) is 0.605. The molecule has 0 spiro atoms. The third-order valence-electron chi connectivity index (χ3n) is 3.46. The van der Waals surface area contributed by atoms with Gasteiger partial charge in [0.25, 0.3) is 0 Å². The van der Waals surface area contributed by atoms with E-state index in [1.54, 1.807) is 24.3 Å². The van der Waals surface area contributed by atoms with Gasteiger partial charge in [-0.25, -0.2) is 9.67 Å². The van der Waals surface area contributed by atoms with Crippen molar-refractivity contribution in [2.24, 2.45) is 0 Å². The van der Waals surface area contributed by atoms with Gasteiger partial charge in [0.15, 0.2) is 0 Å². The van der Waals surface area contributed by atoms with Crippen LogP contribution in [0.3, 0.4) is 0 Å². The van der Waals surface area contributed by atoms with Crippen molar-refractivity contribution in [2.75, 3.05) is 5.32 Å². The number of alkyl halides is 3. The summed E-state index contributed by atoms with van der Waals surface area (Å²) < 4.78 is 39.7. The molecule has 3 rings (SSSR count). The summed E-state index contributed by atoms with van der Waals surface area (Å²) in [4.78, 5) is 16.1. The van der Waals surface area contributed by atoms with Crippen molar-refractivity contribution in [3.8, 4) is 5.69 Å². The number of nitrogens with one attached hydrogen (secondary N) is 1. The van der Waals surface area contributed by atoms with E-state index in [1.165, 1.54) is 29.5 Å². The molecule has 0 aliphatic carbocycles. The monoisotopic (exact) mass is 346 g/mol. The highest BCUT2D eigenvalue weighted by molar-refractivity contribution is 5.94. The fourth-order valence-electron chi connectivity index (χ4n) is 2.35. The van der Waals surface area contributed by atoms with E-state index in [9.17, 15) is 18.0 Å². The largest absolute Gasteiger partial charge is 0.416 e. The molecule has 3 aromatic rings. The number of amides is 1.